The van der Waals surface area contributed by atoms with Gasteiger partial charge in [-0.15, -0.1) is 11.3 Å². The van der Waals surface area contributed by atoms with E-state index in [-0.39, 0.29) is 11.8 Å². The van der Waals surface area contributed by atoms with Crippen LogP contribution in [0.25, 0.3) is 0 Å². The number of benzene rings is 1. The molecule has 0 spiro atoms. The van der Waals surface area contributed by atoms with Crippen LogP contribution in [0.5, 0.6) is 0 Å². The van der Waals surface area contributed by atoms with Crippen molar-refractivity contribution >= 4 is 46.4 Å². The molecule has 0 radical (unpaired) electrons. The van der Waals surface area contributed by atoms with E-state index >= 15 is 0 Å². The number of rotatable bonds is 3. The Bertz CT molecular complexity index is 741. The zero-order valence-electron chi connectivity index (χ0n) is 12.9. The smallest absolute Gasteiger partial charge is 0.255 e. The zero-order chi connectivity index (χ0) is 17.1. The summed E-state index contributed by atoms with van der Waals surface area (Å²) in [4.78, 5) is 29.5. The summed E-state index contributed by atoms with van der Waals surface area (Å²) in [7, 11) is 0. The Labute approximate surface area is 154 Å². The quantitative estimate of drug-likeness (QED) is 0.813. The molecule has 2 amide bonds. The van der Waals surface area contributed by atoms with Crippen LogP contribution in [-0.4, -0.2) is 47.8 Å². The molecule has 3 rings (SSSR count). The molecule has 0 N–H and O–H groups in total. The van der Waals surface area contributed by atoms with Gasteiger partial charge in [0.1, 0.15) is 0 Å². The van der Waals surface area contributed by atoms with Crippen LogP contribution < -0.4 is 0 Å². The first-order valence-electron chi connectivity index (χ1n) is 7.59. The molecule has 0 aliphatic carbocycles. The van der Waals surface area contributed by atoms with E-state index in [4.69, 9.17) is 23.2 Å². The Morgan fingerprint density at radius 3 is 2.38 bits per heavy atom. The van der Waals surface area contributed by atoms with Gasteiger partial charge in [-0.25, -0.2) is 0 Å². The van der Waals surface area contributed by atoms with Crippen molar-refractivity contribution < 1.29 is 9.59 Å². The molecule has 0 atom stereocenters. The van der Waals surface area contributed by atoms with Crippen LogP contribution in [0.1, 0.15) is 15.2 Å². The lowest BCUT2D eigenvalue weighted by atomic mass is 10.1. The molecule has 1 aliphatic heterocycles. The second-order valence-electron chi connectivity index (χ2n) is 5.55. The zero-order valence-corrected chi connectivity index (χ0v) is 15.2. The number of nitrogens with zero attached hydrogens (tertiary/aromatic N) is 2. The van der Waals surface area contributed by atoms with Gasteiger partial charge in [0.25, 0.3) is 5.91 Å². The van der Waals surface area contributed by atoms with Crippen molar-refractivity contribution in [3.8, 4) is 0 Å². The van der Waals surface area contributed by atoms with Crippen molar-refractivity contribution in [2.75, 3.05) is 26.2 Å². The Hall–Kier alpha value is -1.56. The molecule has 1 aromatic carbocycles. The molecule has 126 valence electrons. The molecule has 2 heterocycles. The van der Waals surface area contributed by atoms with Crippen molar-refractivity contribution in [2.45, 2.75) is 6.42 Å². The number of hydrogen-bond donors (Lipinski definition) is 0. The summed E-state index contributed by atoms with van der Waals surface area (Å²) in [5.41, 5.74) is 0.444. The van der Waals surface area contributed by atoms with Gasteiger partial charge in [0, 0.05) is 36.1 Å². The van der Waals surface area contributed by atoms with Crippen LogP contribution in [0.2, 0.25) is 10.0 Å². The minimum Gasteiger partial charge on any atom is -0.339 e. The first-order chi connectivity index (χ1) is 11.5. The summed E-state index contributed by atoms with van der Waals surface area (Å²) < 4.78 is 0. The number of carbonyl (C=O) groups excluding carboxylic acids is 2. The average Bonchev–Trinajstić information content (AvgIpc) is 3.07. The van der Waals surface area contributed by atoms with Gasteiger partial charge in [0.05, 0.1) is 17.0 Å². The topological polar surface area (TPSA) is 40.6 Å². The second kappa shape index (κ2) is 7.55. The van der Waals surface area contributed by atoms with Gasteiger partial charge in [-0.1, -0.05) is 29.3 Å². The highest BCUT2D eigenvalue weighted by molar-refractivity contribution is 7.10. The molecule has 0 bridgehead atoms. The molecular weight excluding hydrogens is 367 g/mol. The summed E-state index contributed by atoms with van der Waals surface area (Å²) in [6.45, 7) is 2.10. The monoisotopic (exact) mass is 382 g/mol. The fourth-order valence-electron chi connectivity index (χ4n) is 2.67. The van der Waals surface area contributed by atoms with Crippen LogP contribution in [0.15, 0.2) is 35.7 Å². The summed E-state index contributed by atoms with van der Waals surface area (Å²) in [6, 6.07) is 8.77. The minimum atomic E-state index is -0.123. The standard InChI is InChI=1S/C17H16Cl2N2O2S/c18-12-3-4-14(15(19)10-12)17(23)21-7-5-20(6-8-21)16(22)11-13-2-1-9-24-13/h1-4,9-10H,5-8,11H2. The summed E-state index contributed by atoms with van der Waals surface area (Å²) in [6.07, 6.45) is 0.425. The van der Waals surface area contributed by atoms with E-state index in [0.29, 0.717) is 48.2 Å². The molecule has 24 heavy (non-hydrogen) atoms. The number of piperazine rings is 1. The summed E-state index contributed by atoms with van der Waals surface area (Å²) in [5, 5.41) is 2.82. The van der Waals surface area contributed by atoms with Crippen LogP contribution in [0.3, 0.4) is 0 Å². The third-order valence-electron chi connectivity index (χ3n) is 3.99. The van der Waals surface area contributed by atoms with Crippen molar-refractivity contribution in [2.24, 2.45) is 0 Å². The van der Waals surface area contributed by atoms with Gasteiger partial charge < -0.3 is 9.80 Å². The first-order valence-corrected chi connectivity index (χ1v) is 9.22. The van der Waals surface area contributed by atoms with E-state index in [0.717, 1.165) is 4.88 Å². The van der Waals surface area contributed by atoms with Crippen molar-refractivity contribution in [3.63, 3.8) is 0 Å². The maximum Gasteiger partial charge on any atom is 0.255 e. The van der Waals surface area contributed by atoms with Crippen molar-refractivity contribution in [3.05, 3.63) is 56.2 Å². The Balaban J connectivity index is 1.58. The Kier molecular flexibility index (Phi) is 5.43. The number of thiophene rings is 1. The van der Waals surface area contributed by atoms with Crippen LogP contribution in [0, 0.1) is 0 Å². The Morgan fingerprint density at radius 1 is 1.04 bits per heavy atom. The third kappa shape index (κ3) is 3.91. The lowest BCUT2D eigenvalue weighted by Crippen LogP contribution is -2.51. The van der Waals surface area contributed by atoms with Gasteiger partial charge in [-0.05, 0) is 29.6 Å². The highest BCUT2D eigenvalue weighted by Gasteiger charge is 2.26. The lowest BCUT2D eigenvalue weighted by molar-refractivity contribution is -0.131. The summed E-state index contributed by atoms with van der Waals surface area (Å²) in [5.74, 6) is -0.0175. The lowest BCUT2D eigenvalue weighted by Gasteiger charge is -2.35. The summed E-state index contributed by atoms with van der Waals surface area (Å²) >= 11 is 13.6. The van der Waals surface area contributed by atoms with E-state index in [1.165, 1.54) is 0 Å². The number of hydrogen-bond acceptors (Lipinski definition) is 3. The van der Waals surface area contributed by atoms with Gasteiger partial charge >= 0.3 is 0 Å². The number of amides is 2. The molecule has 4 nitrogen and oxygen atoms in total. The maximum absolute atomic E-state index is 12.6. The van der Waals surface area contributed by atoms with Gasteiger partial charge in [0.15, 0.2) is 0 Å². The van der Waals surface area contributed by atoms with E-state index in [9.17, 15) is 9.59 Å². The molecule has 2 aromatic rings. The van der Waals surface area contributed by atoms with Crippen LogP contribution in [-0.2, 0) is 11.2 Å². The largest absolute Gasteiger partial charge is 0.339 e. The highest BCUT2D eigenvalue weighted by atomic mass is 35.5. The SMILES string of the molecule is O=C(Cc1cccs1)N1CCN(C(=O)c2ccc(Cl)cc2Cl)CC1. The van der Waals surface area contributed by atoms with Crippen LogP contribution in [0.4, 0.5) is 0 Å². The first kappa shape index (κ1) is 17.3. The van der Waals surface area contributed by atoms with E-state index in [1.54, 1.807) is 34.4 Å². The third-order valence-corrected chi connectivity index (χ3v) is 5.41. The van der Waals surface area contributed by atoms with E-state index in [2.05, 4.69) is 0 Å². The Morgan fingerprint density at radius 2 is 1.75 bits per heavy atom. The van der Waals surface area contributed by atoms with Gasteiger partial charge in [-0.2, -0.15) is 0 Å². The molecule has 1 saturated heterocycles. The predicted molar refractivity (Wildman–Crippen MR) is 97.0 cm³/mol. The number of carbonyl (C=O) groups is 2. The average molecular weight is 383 g/mol. The highest BCUT2D eigenvalue weighted by Crippen LogP contribution is 2.23. The molecule has 7 heteroatoms. The van der Waals surface area contributed by atoms with Crippen molar-refractivity contribution in [1.82, 2.24) is 9.80 Å². The maximum atomic E-state index is 12.6. The van der Waals surface area contributed by atoms with E-state index < -0.39 is 0 Å². The molecule has 1 fully saturated rings. The number of halogens is 2. The van der Waals surface area contributed by atoms with Gasteiger partial charge in [0.2, 0.25) is 5.91 Å². The molecule has 0 saturated carbocycles. The minimum absolute atomic E-state index is 0.106. The van der Waals surface area contributed by atoms with Crippen LogP contribution >= 0.6 is 34.5 Å². The molecule has 1 aromatic heterocycles. The van der Waals surface area contributed by atoms with Crippen molar-refractivity contribution in [1.29, 1.82) is 0 Å². The predicted octanol–water partition coefficient (Wildman–Crippen LogP) is 3.58. The second-order valence-corrected chi connectivity index (χ2v) is 7.43. The fraction of sp³-hybridized carbons (Fsp3) is 0.294. The normalized spacial score (nSPS) is 14.8. The molecule has 1 aliphatic rings. The fourth-order valence-corrected chi connectivity index (χ4v) is 3.85. The molecular formula is C17H16Cl2N2O2S. The molecule has 0 unspecified atom stereocenters. The van der Waals surface area contributed by atoms with Gasteiger partial charge in [-0.3, -0.25) is 9.59 Å². The van der Waals surface area contributed by atoms with E-state index in [1.807, 2.05) is 22.4 Å².